The predicted molar refractivity (Wildman–Crippen MR) is 130 cm³/mol. The minimum Gasteiger partial charge on any atom is -0.497 e. The van der Waals surface area contributed by atoms with E-state index in [4.69, 9.17) is 14.5 Å². The SMILES string of the molecule is COc1ccc2sc(N(CCN3CCOCC3)C(=O)c3cc(C)nn3C(C)C)nc2c1.Cl. The number of ether oxygens (including phenoxy) is 2. The van der Waals surface area contributed by atoms with Gasteiger partial charge in [0.25, 0.3) is 5.91 Å². The van der Waals surface area contributed by atoms with E-state index in [9.17, 15) is 4.79 Å². The molecule has 0 radical (unpaired) electrons. The first-order valence-corrected chi connectivity index (χ1v) is 11.4. The molecular weight excluding hydrogens is 450 g/mol. The molecule has 4 rings (SSSR count). The van der Waals surface area contributed by atoms with Crippen molar-refractivity contribution in [1.82, 2.24) is 19.7 Å². The summed E-state index contributed by atoms with van der Waals surface area (Å²) >= 11 is 1.52. The molecule has 0 saturated carbocycles. The lowest BCUT2D eigenvalue weighted by molar-refractivity contribution is 0.0391. The van der Waals surface area contributed by atoms with Gasteiger partial charge in [0, 0.05) is 38.3 Å². The summed E-state index contributed by atoms with van der Waals surface area (Å²) in [6.07, 6.45) is 0. The average molecular weight is 480 g/mol. The third-order valence-corrected chi connectivity index (χ3v) is 6.43. The van der Waals surface area contributed by atoms with E-state index in [0.717, 1.165) is 54.5 Å². The van der Waals surface area contributed by atoms with Gasteiger partial charge < -0.3 is 9.47 Å². The number of aromatic nitrogens is 3. The molecule has 8 nitrogen and oxygen atoms in total. The molecule has 0 bridgehead atoms. The van der Waals surface area contributed by atoms with Gasteiger partial charge in [-0.1, -0.05) is 11.3 Å². The Morgan fingerprint density at radius 2 is 2.03 bits per heavy atom. The predicted octanol–water partition coefficient (Wildman–Crippen LogP) is 3.79. The van der Waals surface area contributed by atoms with Crippen molar-refractivity contribution in [2.75, 3.05) is 51.4 Å². The van der Waals surface area contributed by atoms with Crippen LogP contribution in [0.4, 0.5) is 5.13 Å². The second kappa shape index (κ2) is 10.6. The fourth-order valence-corrected chi connectivity index (χ4v) is 4.67. The molecule has 174 valence electrons. The highest BCUT2D eigenvalue weighted by Gasteiger charge is 2.26. The van der Waals surface area contributed by atoms with Crippen molar-refractivity contribution >= 4 is 45.0 Å². The maximum atomic E-state index is 13.7. The summed E-state index contributed by atoms with van der Waals surface area (Å²) in [5, 5.41) is 5.22. The summed E-state index contributed by atoms with van der Waals surface area (Å²) in [4.78, 5) is 22.6. The number of nitrogens with zero attached hydrogens (tertiary/aromatic N) is 5. The molecule has 10 heteroatoms. The molecular formula is C22H30ClN5O3S. The summed E-state index contributed by atoms with van der Waals surface area (Å²) in [6.45, 7) is 10.5. The van der Waals surface area contributed by atoms with Gasteiger partial charge in [-0.2, -0.15) is 5.10 Å². The molecule has 1 aliphatic heterocycles. The molecule has 0 aliphatic carbocycles. The molecule has 3 heterocycles. The summed E-state index contributed by atoms with van der Waals surface area (Å²) in [5.41, 5.74) is 2.25. The van der Waals surface area contributed by atoms with Crippen LogP contribution in [0.3, 0.4) is 0 Å². The fraction of sp³-hybridized carbons (Fsp3) is 0.500. The summed E-state index contributed by atoms with van der Waals surface area (Å²) in [6, 6.07) is 7.76. The molecule has 1 aliphatic rings. The van der Waals surface area contributed by atoms with Crippen molar-refractivity contribution in [1.29, 1.82) is 0 Å². The zero-order valence-corrected chi connectivity index (χ0v) is 20.5. The maximum Gasteiger partial charge on any atom is 0.278 e. The lowest BCUT2D eigenvalue weighted by Gasteiger charge is -2.29. The number of carbonyl (C=O) groups is 1. The van der Waals surface area contributed by atoms with Crippen LogP contribution in [0.1, 0.15) is 36.1 Å². The molecule has 0 spiro atoms. The van der Waals surface area contributed by atoms with E-state index in [1.165, 1.54) is 11.3 Å². The summed E-state index contributed by atoms with van der Waals surface area (Å²) < 4.78 is 13.6. The first-order valence-electron chi connectivity index (χ1n) is 10.6. The Balaban J connectivity index is 0.00000289. The Morgan fingerprint density at radius 3 is 2.72 bits per heavy atom. The van der Waals surface area contributed by atoms with Crippen molar-refractivity contribution in [2.45, 2.75) is 26.8 Å². The Kier molecular flexibility index (Phi) is 8.10. The first kappa shape index (κ1) is 24.4. The lowest BCUT2D eigenvalue weighted by atomic mass is 10.3. The fourth-order valence-electron chi connectivity index (χ4n) is 3.70. The highest BCUT2D eigenvalue weighted by atomic mass is 35.5. The summed E-state index contributed by atoms with van der Waals surface area (Å²) in [5.74, 6) is 0.678. The van der Waals surface area contributed by atoms with Crippen LogP contribution >= 0.6 is 23.7 Å². The van der Waals surface area contributed by atoms with Crippen LogP contribution in [0, 0.1) is 6.92 Å². The largest absolute Gasteiger partial charge is 0.497 e. The van der Waals surface area contributed by atoms with Gasteiger partial charge in [0.2, 0.25) is 0 Å². The Hall–Kier alpha value is -2.20. The van der Waals surface area contributed by atoms with Gasteiger partial charge in [0.1, 0.15) is 11.4 Å². The number of benzene rings is 1. The maximum absolute atomic E-state index is 13.7. The van der Waals surface area contributed by atoms with Crippen molar-refractivity contribution in [2.24, 2.45) is 0 Å². The minimum absolute atomic E-state index is 0. The van der Waals surface area contributed by atoms with E-state index in [2.05, 4.69) is 10.00 Å². The third kappa shape index (κ3) is 5.23. The number of aryl methyl sites for hydroxylation is 1. The van der Waals surface area contributed by atoms with Crippen molar-refractivity contribution in [3.05, 3.63) is 35.7 Å². The number of hydrogen-bond acceptors (Lipinski definition) is 7. The number of morpholine rings is 1. The zero-order chi connectivity index (χ0) is 22.0. The normalized spacial score (nSPS) is 14.5. The van der Waals surface area contributed by atoms with Gasteiger partial charge in [-0.3, -0.25) is 19.3 Å². The number of rotatable bonds is 7. The molecule has 1 aromatic carbocycles. The van der Waals surface area contributed by atoms with Crippen LogP contribution in [0.5, 0.6) is 5.75 Å². The topological polar surface area (TPSA) is 72.7 Å². The van der Waals surface area contributed by atoms with Crippen molar-refractivity contribution < 1.29 is 14.3 Å². The molecule has 0 atom stereocenters. The van der Waals surface area contributed by atoms with E-state index in [-0.39, 0.29) is 24.4 Å². The Morgan fingerprint density at radius 1 is 1.28 bits per heavy atom. The second-order valence-corrected chi connectivity index (χ2v) is 8.96. The number of fused-ring (bicyclic) bond motifs is 1. The van der Waals surface area contributed by atoms with Gasteiger partial charge in [0.05, 0.1) is 36.2 Å². The quantitative estimate of drug-likeness (QED) is 0.513. The smallest absolute Gasteiger partial charge is 0.278 e. The Bertz CT molecular complexity index is 1060. The van der Waals surface area contributed by atoms with E-state index in [0.29, 0.717) is 17.4 Å². The molecule has 0 unspecified atom stereocenters. The molecule has 32 heavy (non-hydrogen) atoms. The molecule has 1 amide bonds. The van der Waals surface area contributed by atoms with Gasteiger partial charge in [-0.15, -0.1) is 12.4 Å². The summed E-state index contributed by atoms with van der Waals surface area (Å²) in [7, 11) is 1.64. The number of halogens is 1. The number of amides is 1. The number of methoxy groups -OCH3 is 1. The van der Waals surface area contributed by atoms with Crippen LogP contribution < -0.4 is 9.64 Å². The Labute approximate surface area is 198 Å². The molecule has 1 saturated heterocycles. The first-order chi connectivity index (χ1) is 15.0. The van der Waals surface area contributed by atoms with Crippen LogP contribution in [0.25, 0.3) is 10.2 Å². The van der Waals surface area contributed by atoms with Crippen molar-refractivity contribution in [3.8, 4) is 5.75 Å². The number of thiazole rings is 1. The van der Waals surface area contributed by atoms with Gasteiger partial charge in [-0.05, 0) is 39.0 Å². The average Bonchev–Trinajstić information content (AvgIpc) is 3.37. The van der Waals surface area contributed by atoms with Crippen LogP contribution in [0.2, 0.25) is 0 Å². The van der Waals surface area contributed by atoms with Crippen LogP contribution in [0.15, 0.2) is 24.3 Å². The highest BCUT2D eigenvalue weighted by molar-refractivity contribution is 7.22. The van der Waals surface area contributed by atoms with E-state index in [1.54, 1.807) is 16.7 Å². The standard InChI is InChI=1S/C22H29N5O3S.ClH/c1-15(2)27-19(13-16(3)24-27)21(28)26(8-7-25-9-11-30-12-10-25)22-23-18-14-17(29-4)5-6-20(18)31-22;/h5-6,13-15H,7-12H2,1-4H3;1H. The number of hydrogen-bond donors (Lipinski definition) is 0. The van der Waals surface area contributed by atoms with E-state index < -0.39 is 0 Å². The number of anilines is 1. The van der Waals surface area contributed by atoms with E-state index >= 15 is 0 Å². The van der Waals surface area contributed by atoms with Crippen molar-refractivity contribution in [3.63, 3.8) is 0 Å². The third-order valence-electron chi connectivity index (χ3n) is 5.37. The number of carbonyl (C=O) groups excluding carboxylic acids is 1. The molecule has 1 fully saturated rings. The van der Waals surface area contributed by atoms with E-state index in [1.807, 2.05) is 45.0 Å². The molecule has 2 aromatic heterocycles. The second-order valence-electron chi connectivity index (χ2n) is 7.95. The minimum atomic E-state index is -0.0754. The lowest BCUT2D eigenvalue weighted by Crippen LogP contribution is -2.43. The van der Waals surface area contributed by atoms with Gasteiger partial charge in [-0.25, -0.2) is 4.98 Å². The zero-order valence-electron chi connectivity index (χ0n) is 18.9. The molecule has 3 aromatic rings. The monoisotopic (exact) mass is 479 g/mol. The van der Waals surface area contributed by atoms with Crippen LogP contribution in [-0.2, 0) is 4.74 Å². The highest BCUT2D eigenvalue weighted by Crippen LogP contribution is 2.32. The van der Waals surface area contributed by atoms with Gasteiger partial charge >= 0.3 is 0 Å². The van der Waals surface area contributed by atoms with Gasteiger partial charge in [0.15, 0.2) is 5.13 Å². The van der Waals surface area contributed by atoms with Crippen LogP contribution in [-0.4, -0.2) is 72.1 Å². The molecule has 0 N–H and O–H groups in total.